The predicted octanol–water partition coefficient (Wildman–Crippen LogP) is 2.58. The number of para-hydroxylation sites is 1. The van der Waals surface area contributed by atoms with Gasteiger partial charge in [0.2, 0.25) is 0 Å². The Morgan fingerprint density at radius 3 is 2.61 bits per heavy atom. The van der Waals surface area contributed by atoms with E-state index in [1.54, 1.807) is 0 Å². The predicted molar refractivity (Wildman–Crippen MR) is 111 cm³/mol. The lowest BCUT2D eigenvalue weighted by Gasteiger charge is -2.31. The van der Waals surface area contributed by atoms with Gasteiger partial charge in [-0.05, 0) is 37.6 Å². The van der Waals surface area contributed by atoms with E-state index < -0.39 is 0 Å². The summed E-state index contributed by atoms with van der Waals surface area (Å²) in [7, 11) is 0. The summed E-state index contributed by atoms with van der Waals surface area (Å²) in [5, 5.41) is 0. The van der Waals surface area contributed by atoms with Gasteiger partial charge in [-0.25, -0.2) is 0 Å². The number of morpholine rings is 1. The number of aryl methyl sites for hydroxylation is 1. The number of pyridine rings is 1. The van der Waals surface area contributed by atoms with E-state index in [0.717, 1.165) is 62.6 Å². The molecule has 6 heteroatoms. The van der Waals surface area contributed by atoms with Crippen molar-refractivity contribution >= 4 is 17.3 Å². The smallest absolute Gasteiger partial charge is 0.256 e. The zero-order valence-corrected chi connectivity index (χ0v) is 16.5. The third-order valence-corrected chi connectivity index (χ3v) is 5.51. The number of anilines is 2. The van der Waals surface area contributed by atoms with Gasteiger partial charge in [0.05, 0.1) is 18.8 Å². The van der Waals surface area contributed by atoms with Crippen molar-refractivity contribution in [2.24, 2.45) is 0 Å². The van der Waals surface area contributed by atoms with Gasteiger partial charge in [0, 0.05) is 62.5 Å². The second-order valence-corrected chi connectivity index (χ2v) is 7.40. The molecule has 1 amide bonds. The lowest BCUT2D eigenvalue weighted by atomic mass is 10.1. The highest BCUT2D eigenvalue weighted by atomic mass is 16.5. The van der Waals surface area contributed by atoms with Crippen molar-refractivity contribution in [2.75, 3.05) is 62.3 Å². The van der Waals surface area contributed by atoms with Crippen LogP contribution in [0.4, 0.5) is 11.4 Å². The van der Waals surface area contributed by atoms with Crippen molar-refractivity contribution in [3.05, 3.63) is 53.9 Å². The molecular formula is C22H28N4O2. The zero-order valence-electron chi connectivity index (χ0n) is 16.5. The molecule has 0 saturated carbocycles. The Kier molecular flexibility index (Phi) is 5.76. The molecule has 4 rings (SSSR count). The molecule has 0 bridgehead atoms. The van der Waals surface area contributed by atoms with E-state index in [0.29, 0.717) is 13.2 Å². The maximum absolute atomic E-state index is 13.4. The van der Waals surface area contributed by atoms with Crippen LogP contribution in [0.25, 0.3) is 0 Å². The molecule has 2 aromatic rings. The minimum absolute atomic E-state index is 0.134. The molecule has 2 fully saturated rings. The number of aromatic nitrogens is 1. The lowest BCUT2D eigenvalue weighted by Crippen LogP contribution is -2.39. The van der Waals surface area contributed by atoms with Crippen molar-refractivity contribution in [3.8, 4) is 0 Å². The van der Waals surface area contributed by atoms with Crippen LogP contribution in [0.15, 0.2) is 42.6 Å². The van der Waals surface area contributed by atoms with Gasteiger partial charge >= 0.3 is 0 Å². The fourth-order valence-corrected chi connectivity index (χ4v) is 4.01. The molecule has 3 heterocycles. The first-order valence-corrected chi connectivity index (χ1v) is 10.1. The zero-order chi connectivity index (χ0) is 19.3. The molecule has 2 aliphatic heterocycles. The Morgan fingerprint density at radius 1 is 0.964 bits per heavy atom. The summed E-state index contributed by atoms with van der Waals surface area (Å²) < 4.78 is 5.47. The first kappa shape index (κ1) is 18.7. The first-order valence-electron chi connectivity index (χ1n) is 10.1. The fourth-order valence-electron chi connectivity index (χ4n) is 4.01. The molecule has 6 nitrogen and oxygen atoms in total. The summed E-state index contributed by atoms with van der Waals surface area (Å²) in [6.45, 7) is 8.43. The normalized spacial score (nSPS) is 18.1. The van der Waals surface area contributed by atoms with Gasteiger partial charge in [0.25, 0.3) is 5.91 Å². The van der Waals surface area contributed by atoms with Crippen molar-refractivity contribution in [1.29, 1.82) is 0 Å². The SMILES string of the molecule is Cc1cc(N2CCCN(C(=O)c3ccccc3N3CCOCC3)CC2)ccn1. The number of ether oxygens (including phenoxy) is 1. The van der Waals surface area contributed by atoms with Gasteiger partial charge in [0.15, 0.2) is 0 Å². The maximum Gasteiger partial charge on any atom is 0.256 e. The van der Waals surface area contributed by atoms with Crippen LogP contribution in [0.2, 0.25) is 0 Å². The molecule has 2 aliphatic rings. The van der Waals surface area contributed by atoms with E-state index in [4.69, 9.17) is 4.74 Å². The van der Waals surface area contributed by atoms with Gasteiger partial charge in [0.1, 0.15) is 0 Å². The van der Waals surface area contributed by atoms with Crippen LogP contribution in [-0.2, 0) is 4.74 Å². The molecule has 1 aromatic carbocycles. The van der Waals surface area contributed by atoms with E-state index in [2.05, 4.69) is 33.0 Å². The van der Waals surface area contributed by atoms with E-state index in [1.165, 1.54) is 5.69 Å². The highest BCUT2D eigenvalue weighted by Crippen LogP contribution is 2.24. The third kappa shape index (κ3) is 4.12. The molecule has 0 N–H and O–H groups in total. The number of rotatable bonds is 3. The number of hydrogen-bond donors (Lipinski definition) is 0. The van der Waals surface area contributed by atoms with E-state index >= 15 is 0 Å². The highest BCUT2D eigenvalue weighted by molar-refractivity contribution is 6.00. The van der Waals surface area contributed by atoms with Crippen LogP contribution in [0.3, 0.4) is 0 Å². The third-order valence-electron chi connectivity index (χ3n) is 5.51. The summed E-state index contributed by atoms with van der Waals surface area (Å²) in [4.78, 5) is 24.3. The summed E-state index contributed by atoms with van der Waals surface area (Å²) >= 11 is 0. The van der Waals surface area contributed by atoms with Gasteiger partial charge in [-0.15, -0.1) is 0 Å². The minimum Gasteiger partial charge on any atom is -0.378 e. The molecular weight excluding hydrogens is 352 g/mol. The van der Waals surface area contributed by atoms with Crippen LogP contribution < -0.4 is 9.80 Å². The van der Waals surface area contributed by atoms with Gasteiger partial charge in [-0.3, -0.25) is 9.78 Å². The second-order valence-electron chi connectivity index (χ2n) is 7.40. The van der Waals surface area contributed by atoms with Crippen LogP contribution in [0.5, 0.6) is 0 Å². The molecule has 2 saturated heterocycles. The molecule has 0 aliphatic carbocycles. The number of amides is 1. The first-order chi connectivity index (χ1) is 13.7. The molecule has 0 unspecified atom stereocenters. The number of hydrogen-bond acceptors (Lipinski definition) is 5. The Morgan fingerprint density at radius 2 is 1.79 bits per heavy atom. The van der Waals surface area contributed by atoms with Crippen molar-refractivity contribution < 1.29 is 9.53 Å². The standard InChI is InChI=1S/C22H28N4O2/c1-18-17-19(7-8-23-18)24-9-4-10-26(12-11-24)22(27)20-5-2-3-6-21(20)25-13-15-28-16-14-25/h2-3,5-8,17H,4,9-16H2,1H3. The van der Waals surface area contributed by atoms with Crippen molar-refractivity contribution in [1.82, 2.24) is 9.88 Å². The number of nitrogens with zero attached hydrogens (tertiary/aromatic N) is 4. The van der Waals surface area contributed by atoms with Crippen LogP contribution >= 0.6 is 0 Å². The minimum atomic E-state index is 0.134. The number of carbonyl (C=O) groups is 1. The Hall–Kier alpha value is -2.60. The van der Waals surface area contributed by atoms with Gasteiger partial charge < -0.3 is 19.4 Å². The monoisotopic (exact) mass is 380 g/mol. The Balaban J connectivity index is 1.48. The largest absolute Gasteiger partial charge is 0.378 e. The quantitative estimate of drug-likeness (QED) is 0.819. The summed E-state index contributed by atoms with van der Waals surface area (Å²) in [5.41, 5.74) is 4.05. The number of benzene rings is 1. The number of carbonyl (C=O) groups excluding carboxylic acids is 1. The molecule has 1 aromatic heterocycles. The Labute approximate surface area is 166 Å². The summed E-state index contributed by atoms with van der Waals surface area (Å²) in [6, 6.07) is 12.2. The summed E-state index contributed by atoms with van der Waals surface area (Å²) in [5.74, 6) is 0.134. The fraction of sp³-hybridized carbons (Fsp3) is 0.455. The van der Waals surface area contributed by atoms with Gasteiger partial charge in [-0.2, -0.15) is 0 Å². The molecule has 0 spiro atoms. The van der Waals surface area contributed by atoms with E-state index in [9.17, 15) is 4.79 Å². The van der Waals surface area contributed by atoms with Crippen molar-refractivity contribution in [2.45, 2.75) is 13.3 Å². The highest BCUT2D eigenvalue weighted by Gasteiger charge is 2.24. The maximum atomic E-state index is 13.4. The molecule has 148 valence electrons. The van der Waals surface area contributed by atoms with E-state index in [1.807, 2.05) is 36.2 Å². The lowest BCUT2D eigenvalue weighted by molar-refractivity contribution is 0.0766. The van der Waals surface area contributed by atoms with Crippen LogP contribution in [0, 0.1) is 6.92 Å². The van der Waals surface area contributed by atoms with E-state index in [-0.39, 0.29) is 5.91 Å². The summed E-state index contributed by atoms with van der Waals surface area (Å²) in [6.07, 6.45) is 2.82. The van der Waals surface area contributed by atoms with Gasteiger partial charge in [-0.1, -0.05) is 12.1 Å². The molecule has 28 heavy (non-hydrogen) atoms. The topological polar surface area (TPSA) is 48.9 Å². The molecule has 0 radical (unpaired) electrons. The average Bonchev–Trinajstić information content (AvgIpc) is 3.00. The second kappa shape index (κ2) is 8.61. The van der Waals surface area contributed by atoms with Crippen molar-refractivity contribution in [3.63, 3.8) is 0 Å². The molecule has 0 atom stereocenters. The van der Waals surface area contributed by atoms with Crippen LogP contribution in [-0.4, -0.2) is 68.3 Å². The average molecular weight is 380 g/mol. The Bertz CT molecular complexity index is 820. The van der Waals surface area contributed by atoms with Crippen LogP contribution in [0.1, 0.15) is 22.5 Å².